The monoisotopic (exact) mass is 448 g/mol. The van der Waals surface area contributed by atoms with E-state index in [0.29, 0.717) is 43.5 Å². The summed E-state index contributed by atoms with van der Waals surface area (Å²) in [6.07, 6.45) is 2.79. The second-order valence-electron chi connectivity index (χ2n) is 8.70. The van der Waals surface area contributed by atoms with E-state index in [2.05, 4.69) is 34.9 Å². The summed E-state index contributed by atoms with van der Waals surface area (Å²) >= 11 is 0. The SMILES string of the molecule is COc1ccc(CC2(CCC(=O)NCCc3cccc4ccccc34)CCC(=O)N2)c(F)c1. The Hall–Kier alpha value is -3.41. The molecule has 6 heteroatoms. The zero-order valence-corrected chi connectivity index (χ0v) is 18.8. The number of hydrogen-bond donors (Lipinski definition) is 2. The molecule has 1 unspecified atom stereocenters. The minimum Gasteiger partial charge on any atom is -0.497 e. The molecule has 0 radical (unpaired) electrons. The quantitative estimate of drug-likeness (QED) is 0.512. The molecule has 1 aliphatic rings. The number of hydrogen-bond acceptors (Lipinski definition) is 3. The van der Waals surface area contributed by atoms with E-state index >= 15 is 0 Å². The van der Waals surface area contributed by atoms with E-state index in [4.69, 9.17) is 4.74 Å². The van der Waals surface area contributed by atoms with Gasteiger partial charge in [-0.1, -0.05) is 48.5 Å². The van der Waals surface area contributed by atoms with Crippen LogP contribution in [0.4, 0.5) is 4.39 Å². The first-order chi connectivity index (χ1) is 16.0. The predicted molar refractivity (Wildman–Crippen MR) is 127 cm³/mol. The van der Waals surface area contributed by atoms with Crippen LogP contribution in [0, 0.1) is 5.82 Å². The number of halogens is 1. The molecule has 3 aromatic carbocycles. The average Bonchev–Trinajstić information content (AvgIpc) is 3.20. The van der Waals surface area contributed by atoms with Gasteiger partial charge < -0.3 is 15.4 Å². The number of amides is 2. The normalized spacial score (nSPS) is 17.7. The summed E-state index contributed by atoms with van der Waals surface area (Å²) in [6.45, 7) is 0.541. The molecule has 172 valence electrons. The van der Waals surface area contributed by atoms with Crippen molar-refractivity contribution in [2.45, 2.75) is 44.1 Å². The molecule has 0 aromatic heterocycles. The number of carbonyl (C=O) groups excluding carboxylic acids is 2. The highest BCUT2D eigenvalue weighted by molar-refractivity contribution is 5.85. The molecule has 33 heavy (non-hydrogen) atoms. The van der Waals surface area contributed by atoms with Gasteiger partial charge in [0, 0.05) is 31.0 Å². The summed E-state index contributed by atoms with van der Waals surface area (Å²) in [4.78, 5) is 24.6. The fourth-order valence-corrected chi connectivity index (χ4v) is 4.63. The van der Waals surface area contributed by atoms with Gasteiger partial charge in [-0.2, -0.15) is 0 Å². The molecule has 1 saturated heterocycles. The Bertz CT molecular complexity index is 1160. The number of ether oxygens (including phenoxy) is 1. The van der Waals surface area contributed by atoms with Crippen molar-refractivity contribution in [3.05, 3.63) is 77.6 Å². The molecule has 2 N–H and O–H groups in total. The highest BCUT2D eigenvalue weighted by Gasteiger charge is 2.38. The molecule has 0 saturated carbocycles. The van der Waals surface area contributed by atoms with E-state index in [1.54, 1.807) is 12.1 Å². The second-order valence-corrected chi connectivity index (χ2v) is 8.70. The topological polar surface area (TPSA) is 67.4 Å². The van der Waals surface area contributed by atoms with Crippen molar-refractivity contribution in [1.82, 2.24) is 10.6 Å². The van der Waals surface area contributed by atoms with Crippen LogP contribution in [0.15, 0.2) is 60.7 Å². The lowest BCUT2D eigenvalue weighted by Gasteiger charge is -2.29. The van der Waals surface area contributed by atoms with Crippen LogP contribution < -0.4 is 15.4 Å². The van der Waals surface area contributed by atoms with Crippen molar-refractivity contribution < 1.29 is 18.7 Å². The van der Waals surface area contributed by atoms with Crippen LogP contribution in [0.2, 0.25) is 0 Å². The van der Waals surface area contributed by atoms with Crippen LogP contribution in [0.25, 0.3) is 10.8 Å². The van der Waals surface area contributed by atoms with E-state index < -0.39 is 5.54 Å². The fraction of sp³-hybridized carbons (Fsp3) is 0.333. The van der Waals surface area contributed by atoms with Crippen molar-refractivity contribution >= 4 is 22.6 Å². The Morgan fingerprint density at radius 2 is 1.94 bits per heavy atom. The summed E-state index contributed by atoms with van der Waals surface area (Å²) in [6, 6.07) is 19.2. The molecular formula is C27H29FN2O3. The van der Waals surface area contributed by atoms with E-state index in [9.17, 15) is 14.0 Å². The molecule has 2 amide bonds. The Balaban J connectivity index is 1.34. The number of methoxy groups -OCH3 is 1. The lowest BCUT2D eigenvalue weighted by Crippen LogP contribution is -2.44. The summed E-state index contributed by atoms with van der Waals surface area (Å²) in [7, 11) is 1.49. The molecule has 0 bridgehead atoms. The molecule has 1 atom stereocenters. The van der Waals surface area contributed by atoms with Gasteiger partial charge in [0.25, 0.3) is 0 Å². The zero-order chi connectivity index (χ0) is 23.3. The van der Waals surface area contributed by atoms with Crippen LogP contribution in [0.5, 0.6) is 5.75 Å². The van der Waals surface area contributed by atoms with Crippen LogP contribution >= 0.6 is 0 Å². The maximum absolute atomic E-state index is 14.5. The van der Waals surface area contributed by atoms with Gasteiger partial charge in [-0.3, -0.25) is 9.59 Å². The number of fused-ring (bicyclic) bond motifs is 1. The minimum atomic E-state index is -0.612. The minimum absolute atomic E-state index is 0.0553. The number of benzene rings is 3. The van der Waals surface area contributed by atoms with Gasteiger partial charge in [0.15, 0.2) is 0 Å². The zero-order valence-electron chi connectivity index (χ0n) is 18.8. The number of rotatable bonds is 9. The van der Waals surface area contributed by atoms with Crippen molar-refractivity contribution in [2.75, 3.05) is 13.7 Å². The Kier molecular flexibility index (Phi) is 6.92. The van der Waals surface area contributed by atoms with Gasteiger partial charge in [0.1, 0.15) is 11.6 Å². The summed E-state index contributed by atoms with van der Waals surface area (Å²) in [5.41, 5.74) is 1.09. The summed E-state index contributed by atoms with van der Waals surface area (Å²) in [5, 5.41) is 8.39. The largest absolute Gasteiger partial charge is 0.497 e. The third kappa shape index (κ3) is 5.51. The van der Waals surface area contributed by atoms with Crippen LogP contribution in [0.1, 0.15) is 36.8 Å². The number of nitrogens with one attached hydrogen (secondary N) is 2. The first-order valence-corrected chi connectivity index (χ1v) is 11.3. The maximum atomic E-state index is 14.5. The van der Waals surface area contributed by atoms with Gasteiger partial charge in [-0.15, -0.1) is 0 Å². The van der Waals surface area contributed by atoms with Crippen LogP contribution in [0.3, 0.4) is 0 Å². The van der Waals surface area contributed by atoms with Gasteiger partial charge in [-0.25, -0.2) is 4.39 Å². The predicted octanol–water partition coefficient (Wildman–Crippen LogP) is 4.32. The summed E-state index contributed by atoms with van der Waals surface area (Å²) < 4.78 is 19.6. The standard InChI is InChI=1S/C27H29FN2O3/c1-33-22-10-9-21(24(28)17-22)18-27(15-12-26(32)30-27)14-11-25(31)29-16-13-20-7-4-6-19-5-2-3-8-23(19)20/h2-10,17H,11-16,18H2,1H3,(H,29,31)(H,30,32). The molecule has 5 nitrogen and oxygen atoms in total. The highest BCUT2D eigenvalue weighted by atomic mass is 19.1. The lowest BCUT2D eigenvalue weighted by atomic mass is 9.84. The molecule has 1 fully saturated rings. The Labute approximate surface area is 193 Å². The molecule has 0 spiro atoms. The summed E-state index contributed by atoms with van der Waals surface area (Å²) in [5.74, 6) is -0.0352. The first kappa shape index (κ1) is 22.8. The number of carbonyl (C=O) groups is 2. The van der Waals surface area contributed by atoms with Gasteiger partial charge in [0.2, 0.25) is 11.8 Å². The van der Waals surface area contributed by atoms with Crippen molar-refractivity contribution in [3.63, 3.8) is 0 Å². The van der Waals surface area contributed by atoms with Crippen molar-refractivity contribution in [1.29, 1.82) is 0 Å². The van der Waals surface area contributed by atoms with Gasteiger partial charge in [-0.05, 0) is 53.6 Å². The lowest BCUT2D eigenvalue weighted by molar-refractivity contribution is -0.122. The molecule has 0 aliphatic carbocycles. The van der Waals surface area contributed by atoms with E-state index in [1.807, 2.05) is 18.2 Å². The van der Waals surface area contributed by atoms with Crippen LogP contribution in [-0.4, -0.2) is 31.0 Å². The van der Waals surface area contributed by atoms with E-state index in [-0.39, 0.29) is 24.1 Å². The van der Waals surface area contributed by atoms with Crippen LogP contribution in [-0.2, 0) is 22.4 Å². The first-order valence-electron chi connectivity index (χ1n) is 11.3. The molecule has 1 heterocycles. The van der Waals surface area contributed by atoms with Crippen molar-refractivity contribution in [2.24, 2.45) is 0 Å². The van der Waals surface area contributed by atoms with E-state index in [1.165, 1.54) is 29.5 Å². The Morgan fingerprint density at radius 3 is 2.70 bits per heavy atom. The van der Waals surface area contributed by atoms with Gasteiger partial charge >= 0.3 is 0 Å². The third-order valence-corrected chi connectivity index (χ3v) is 6.45. The smallest absolute Gasteiger partial charge is 0.220 e. The van der Waals surface area contributed by atoms with E-state index in [0.717, 1.165) is 6.42 Å². The van der Waals surface area contributed by atoms with Gasteiger partial charge in [0.05, 0.1) is 7.11 Å². The van der Waals surface area contributed by atoms with Crippen molar-refractivity contribution in [3.8, 4) is 5.75 Å². The molecular weight excluding hydrogens is 419 g/mol. The second kappa shape index (κ2) is 10.0. The average molecular weight is 449 g/mol. The maximum Gasteiger partial charge on any atom is 0.220 e. The molecule has 4 rings (SSSR count). The third-order valence-electron chi connectivity index (χ3n) is 6.45. The molecule has 3 aromatic rings. The fourth-order valence-electron chi connectivity index (χ4n) is 4.63. The Morgan fingerprint density at radius 1 is 1.12 bits per heavy atom. The molecule has 1 aliphatic heterocycles. The highest BCUT2D eigenvalue weighted by Crippen LogP contribution is 2.31.